The number of allylic oxidation sites excluding steroid dienone is 3. The van der Waals surface area contributed by atoms with Crippen LogP contribution in [0.3, 0.4) is 0 Å². The Balaban J connectivity index is 1.76. The molecule has 4 aliphatic heterocycles. The molecule has 2 unspecified atom stereocenters. The number of nitrogens with one attached hydrogen (secondary N) is 1. The standard InChI is InChI=1S/C36H50ClN3O10S/c1-21-11-10-12-26(47-8)36(45)19-28(49-33(44)38-36)35(4)20-34(3,50-35)27(48-32(43)22(2)39(5)29(41)13-14-51-9)18-30(42)40(6)24-16-23(15-21)17-25(46-7)31(24)37/h10-12,16-17,22,26-28,45H,13-15,18-20H2,1-9H3,(H,38,44)/b12-10+,21-11+/t22-,26+,27-,28?,34?,35+,36-/m0/s1. The van der Waals surface area contributed by atoms with E-state index in [4.69, 9.17) is 35.3 Å². The summed E-state index contributed by atoms with van der Waals surface area (Å²) in [4.78, 5) is 56.0. The number of benzene rings is 1. The van der Waals surface area contributed by atoms with Crippen molar-refractivity contribution in [2.45, 2.75) is 101 Å². The molecule has 2 N–H and O–H groups in total. The van der Waals surface area contributed by atoms with E-state index in [1.807, 2.05) is 19.3 Å². The highest BCUT2D eigenvalue weighted by atomic mass is 35.5. The first kappa shape index (κ1) is 40.5. The summed E-state index contributed by atoms with van der Waals surface area (Å²) in [7, 11) is 6.03. The van der Waals surface area contributed by atoms with Crippen molar-refractivity contribution < 1.29 is 48.0 Å². The fourth-order valence-electron chi connectivity index (χ4n) is 6.88. The number of esters is 1. The second-order valence-corrected chi connectivity index (χ2v) is 15.3. The van der Waals surface area contributed by atoms with Gasteiger partial charge in [0.15, 0.2) is 5.72 Å². The number of rotatable bonds is 8. The van der Waals surface area contributed by atoms with Crippen molar-refractivity contribution in [1.29, 1.82) is 0 Å². The van der Waals surface area contributed by atoms with Crippen molar-refractivity contribution in [2.24, 2.45) is 0 Å². The molecule has 0 saturated carbocycles. The zero-order valence-electron chi connectivity index (χ0n) is 30.7. The summed E-state index contributed by atoms with van der Waals surface area (Å²) >= 11 is 8.26. The first-order valence-corrected chi connectivity index (χ1v) is 18.5. The number of thioether (sulfide) groups is 1. The third-order valence-electron chi connectivity index (χ3n) is 9.96. The summed E-state index contributed by atoms with van der Waals surface area (Å²) in [5.74, 6) is -0.390. The lowest BCUT2D eigenvalue weighted by atomic mass is 9.72. The van der Waals surface area contributed by atoms with Crippen molar-refractivity contribution >= 4 is 52.9 Å². The molecule has 6 bridgehead atoms. The number of amides is 3. The third-order valence-corrected chi connectivity index (χ3v) is 11.0. The van der Waals surface area contributed by atoms with E-state index < -0.39 is 59.3 Å². The maximum absolute atomic E-state index is 14.1. The van der Waals surface area contributed by atoms with Gasteiger partial charge >= 0.3 is 12.1 Å². The highest BCUT2D eigenvalue weighted by Crippen LogP contribution is 2.50. The molecule has 0 aliphatic carbocycles. The first-order valence-electron chi connectivity index (χ1n) is 16.8. The van der Waals surface area contributed by atoms with Gasteiger partial charge in [-0.2, -0.15) is 11.8 Å². The Morgan fingerprint density at radius 1 is 1.24 bits per heavy atom. The van der Waals surface area contributed by atoms with E-state index >= 15 is 0 Å². The van der Waals surface area contributed by atoms with Crippen molar-refractivity contribution in [2.75, 3.05) is 45.2 Å². The first-order chi connectivity index (χ1) is 23.9. The molecule has 0 radical (unpaired) electrons. The number of anilines is 1. The molecule has 282 valence electrons. The number of likely N-dealkylation sites (N-methyl/N-ethyl adjacent to an activating group) is 1. The molecule has 0 aromatic heterocycles. The van der Waals surface area contributed by atoms with E-state index in [1.54, 1.807) is 52.1 Å². The van der Waals surface area contributed by atoms with Crippen LogP contribution >= 0.6 is 23.4 Å². The number of halogens is 1. The average Bonchev–Trinajstić information content (AvgIpc) is 3.06. The van der Waals surface area contributed by atoms with Gasteiger partial charge in [0.2, 0.25) is 11.8 Å². The van der Waals surface area contributed by atoms with Gasteiger partial charge in [0.25, 0.3) is 0 Å². The van der Waals surface area contributed by atoms with Gasteiger partial charge in [0, 0.05) is 46.2 Å². The van der Waals surface area contributed by atoms with Crippen molar-refractivity contribution in [3.63, 3.8) is 0 Å². The lowest BCUT2D eigenvalue weighted by Gasteiger charge is -2.59. The molecule has 7 atom stereocenters. The molecule has 2 fully saturated rings. The fraction of sp³-hybridized carbons (Fsp3) is 0.611. The summed E-state index contributed by atoms with van der Waals surface area (Å²) in [6.07, 6.45) is 3.76. The predicted octanol–water partition coefficient (Wildman–Crippen LogP) is 4.41. The molecule has 3 amide bonds. The van der Waals surface area contributed by atoms with Crippen LogP contribution < -0.4 is 15.0 Å². The third kappa shape index (κ3) is 8.85. The van der Waals surface area contributed by atoms with Crippen LogP contribution in [-0.4, -0.2) is 115 Å². The van der Waals surface area contributed by atoms with E-state index in [0.29, 0.717) is 23.6 Å². The Hall–Kier alpha value is -3.30. The zero-order valence-corrected chi connectivity index (χ0v) is 32.3. The van der Waals surface area contributed by atoms with Gasteiger partial charge in [-0.3, -0.25) is 14.9 Å². The minimum atomic E-state index is -1.85. The van der Waals surface area contributed by atoms with Crippen LogP contribution in [0.1, 0.15) is 58.9 Å². The lowest BCUT2D eigenvalue weighted by molar-refractivity contribution is -0.328. The Kier molecular flexibility index (Phi) is 12.8. The van der Waals surface area contributed by atoms with Crippen LogP contribution in [0.15, 0.2) is 35.9 Å². The molecule has 51 heavy (non-hydrogen) atoms. The highest BCUT2D eigenvalue weighted by Gasteiger charge is 2.63. The van der Waals surface area contributed by atoms with E-state index in [1.165, 1.54) is 42.8 Å². The van der Waals surface area contributed by atoms with Gasteiger partial charge in [-0.05, 0) is 58.1 Å². The fourth-order valence-corrected chi connectivity index (χ4v) is 7.57. The van der Waals surface area contributed by atoms with Crippen LogP contribution in [0, 0.1) is 0 Å². The zero-order chi connectivity index (χ0) is 37.9. The van der Waals surface area contributed by atoms with Crippen LogP contribution in [0.4, 0.5) is 10.5 Å². The SMILES string of the molecule is COc1cc2cc(c1Cl)N(C)C(=O)C[C@H](OC(=O)[C@H](C)N(C)C(=O)CCSC)C1(C)C[C@@](C)(O1)C1C[C@@](O)(NC(=O)O1)[C@H](OC)/C=C/C=C(\C)C2. The maximum atomic E-state index is 14.1. The number of nitrogens with zero attached hydrogens (tertiary/aromatic N) is 2. The molecule has 2 saturated heterocycles. The molecule has 0 spiro atoms. The summed E-state index contributed by atoms with van der Waals surface area (Å²) in [6, 6.07) is 2.63. The molecular weight excluding hydrogens is 702 g/mol. The van der Waals surface area contributed by atoms with Crippen molar-refractivity contribution in [3.8, 4) is 5.75 Å². The predicted molar refractivity (Wildman–Crippen MR) is 194 cm³/mol. The topological polar surface area (TPSA) is 153 Å². The van der Waals surface area contributed by atoms with Gasteiger partial charge in [0.05, 0.1) is 19.2 Å². The van der Waals surface area contributed by atoms with Crippen LogP contribution in [0.25, 0.3) is 0 Å². The van der Waals surface area contributed by atoms with Crippen LogP contribution in [0.2, 0.25) is 5.02 Å². The number of hydrogen-bond donors (Lipinski definition) is 2. The Bertz CT molecular complexity index is 1560. The molecular formula is C36H50ClN3O10S. The number of carbonyl (C=O) groups excluding carboxylic acids is 4. The summed E-state index contributed by atoms with van der Waals surface area (Å²) in [5.41, 5.74) is -2.08. The summed E-state index contributed by atoms with van der Waals surface area (Å²) in [6.45, 7) is 6.93. The van der Waals surface area contributed by atoms with E-state index in [2.05, 4.69) is 5.32 Å². The lowest BCUT2D eigenvalue weighted by Crippen LogP contribution is -2.72. The smallest absolute Gasteiger partial charge is 0.409 e. The normalized spacial score (nSPS) is 31.9. The van der Waals surface area contributed by atoms with Gasteiger partial charge < -0.3 is 38.6 Å². The highest BCUT2D eigenvalue weighted by molar-refractivity contribution is 7.98. The monoisotopic (exact) mass is 751 g/mol. The number of fused-ring (bicyclic) bond motifs is 6. The largest absolute Gasteiger partial charge is 0.495 e. The van der Waals surface area contributed by atoms with Gasteiger partial charge in [-0.15, -0.1) is 0 Å². The summed E-state index contributed by atoms with van der Waals surface area (Å²) in [5, 5.41) is 14.5. The average molecular weight is 752 g/mol. The summed E-state index contributed by atoms with van der Waals surface area (Å²) < 4.78 is 29.4. The van der Waals surface area contributed by atoms with Crippen LogP contribution in [-0.2, 0) is 39.8 Å². The van der Waals surface area contributed by atoms with Gasteiger partial charge in [-0.25, -0.2) is 9.59 Å². The van der Waals surface area contributed by atoms with Crippen LogP contribution in [0.5, 0.6) is 5.75 Å². The molecule has 4 aliphatic rings. The minimum absolute atomic E-state index is 0.0902. The molecule has 1 aromatic carbocycles. The Morgan fingerprint density at radius 3 is 2.55 bits per heavy atom. The number of ether oxygens (including phenoxy) is 5. The number of alkyl carbamates (subject to hydrolysis) is 1. The molecule has 1 aromatic rings. The molecule has 13 nitrogen and oxygen atoms in total. The second-order valence-electron chi connectivity index (χ2n) is 13.9. The quantitative estimate of drug-likeness (QED) is 0.364. The number of methoxy groups -OCH3 is 2. The van der Waals surface area contributed by atoms with Gasteiger partial charge in [0.1, 0.15) is 46.3 Å². The van der Waals surface area contributed by atoms with E-state index in [0.717, 1.165) is 11.1 Å². The molecule has 15 heteroatoms. The number of hydrogen-bond acceptors (Lipinski definition) is 11. The Labute approximate surface area is 308 Å². The Morgan fingerprint density at radius 2 is 1.92 bits per heavy atom. The number of carbonyl (C=O) groups is 4. The van der Waals surface area contributed by atoms with Crippen molar-refractivity contribution in [1.82, 2.24) is 10.2 Å². The molecule has 4 heterocycles. The van der Waals surface area contributed by atoms with Gasteiger partial charge in [-0.1, -0.05) is 35.4 Å². The minimum Gasteiger partial charge on any atom is -0.495 e. The van der Waals surface area contributed by atoms with Crippen molar-refractivity contribution in [3.05, 3.63) is 46.5 Å². The molecule has 5 rings (SSSR count). The van der Waals surface area contributed by atoms with E-state index in [-0.39, 0.29) is 36.6 Å². The number of aliphatic hydroxyl groups is 1. The van der Waals surface area contributed by atoms with E-state index in [9.17, 15) is 24.3 Å². The maximum Gasteiger partial charge on any atom is 0.409 e. The second kappa shape index (κ2) is 16.2.